The maximum atomic E-state index is 6.22. The molecule has 0 spiro atoms. The Labute approximate surface area is 155 Å². The summed E-state index contributed by atoms with van der Waals surface area (Å²) in [6.45, 7) is 10.3. The zero-order valence-corrected chi connectivity index (χ0v) is 15.7. The van der Waals surface area contributed by atoms with Crippen molar-refractivity contribution in [2.45, 2.75) is 26.4 Å². The van der Waals surface area contributed by atoms with Crippen molar-refractivity contribution in [1.29, 1.82) is 0 Å². The number of aromatic nitrogens is 2. The van der Waals surface area contributed by atoms with E-state index < -0.39 is 0 Å². The van der Waals surface area contributed by atoms with Crippen LogP contribution in [-0.4, -0.2) is 58.7 Å². The summed E-state index contributed by atoms with van der Waals surface area (Å²) in [5.74, 6) is 0.952. The molecule has 6 heteroatoms. The third-order valence-electron chi connectivity index (χ3n) is 4.71. The number of rotatable bonds is 8. The first-order valence-corrected chi connectivity index (χ1v) is 9.44. The van der Waals surface area contributed by atoms with Crippen LogP contribution >= 0.6 is 11.6 Å². The van der Waals surface area contributed by atoms with Crippen LogP contribution in [-0.2, 0) is 13.1 Å². The second-order valence-corrected chi connectivity index (χ2v) is 6.90. The summed E-state index contributed by atoms with van der Waals surface area (Å²) in [6.07, 6.45) is 6.57. The standard InChI is InChI=1S/C19H27ClN4O/c1-2-22-9-11-23(12-10-22)15-17-14-18(20)4-5-19(17)25-13-3-7-24-8-6-21-16-24/h4-6,8,14,16H,2-3,7,9-13,15H2,1H3. The Morgan fingerprint density at radius 1 is 1.16 bits per heavy atom. The summed E-state index contributed by atoms with van der Waals surface area (Å²) in [7, 11) is 0. The molecule has 1 aliphatic heterocycles. The molecule has 5 nitrogen and oxygen atoms in total. The van der Waals surface area contributed by atoms with Crippen LogP contribution < -0.4 is 4.74 Å². The van der Waals surface area contributed by atoms with Gasteiger partial charge in [-0.1, -0.05) is 18.5 Å². The molecular formula is C19H27ClN4O. The van der Waals surface area contributed by atoms with Crippen LogP contribution in [0.5, 0.6) is 5.75 Å². The van der Waals surface area contributed by atoms with Gasteiger partial charge < -0.3 is 14.2 Å². The molecule has 2 heterocycles. The zero-order valence-electron chi connectivity index (χ0n) is 14.9. The molecule has 0 unspecified atom stereocenters. The Balaban J connectivity index is 1.52. The highest BCUT2D eigenvalue weighted by Gasteiger charge is 2.17. The van der Waals surface area contributed by atoms with E-state index in [9.17, 15) is 0 Å². The van der Waals surface area contributed by atoms with Gasteiger partial charge in [0.25, 0.3) is 0 Å². The van der Waals surface area contributed by atoms with E-state index in [1.807, 2.05) is 30.7 Å². The smallest absolute Gasteiger partial charge is 0.123 e. The summed E-state index contributed by atoms with van der Waals surface area (Å²) in [5, 5.41) is 0.771. The summed E-state index contributed by atoms with van der Waals surface area (Å²) >= 11 is 6.22. The Kier molecular flexibility index (Phi) is 6.73. The van der Waals surface area contributed by atoms with Crippen LogP contribution in [0.25, 0.3) is 0 Å². The Hall–Kier alpha value is -1.56. The lowest BCUT2D eigenvalue weighted by Gasteiger charge is -2.34. The molecule has 136 valence electrons. The highest BCUT2D eigenvalue weighted by molar-refractivity contribution is 6.30. The number of hydrogen-bond acceptors (Lipinski definition) is 4. The molecule has 2 aromatic rings. The van der Waals surface area contributed by atoms with Gasteiger partial charge in [0.2, 0.25) is 0 Å². The number of piperazine rings is 1. The van der Waals surface area contributed by atoms with Crippen molar-refractivity contribution in [2.75, 3.05) is 39.3 Å². The van der Waals surface area contributed by atoms with Crippen molar-refractivity contribution < 1.29 is 4.74 Å². The van der Waals surface area contributed by atoms with E-state index in [0.29, 0.717) is 6.61 Å². The number of likely N-dealkylation sites (N-methyl/N-ethyl adjacent to an activating group) is 1. The number of imidazole rings is 1. The van der Waals surface area contributed by atoms with E-state index in [1.54, 1.807) is 6.20 Å². The van der Waals surface area contributed by atoms with Gasteiger partial charge in [-0.3, -0.25) is 4.90 Å². The predicted octanol–water partition coefficient (Wildman–Crippen LogP) is 3.14. The van der Waals surface area contributed by atoms with Gasteiger partial charge in [0.05, 0.1) is 12.9 Å². The van der Waals surface area contributed by atoms with Crippen molar-refractivity contribution in [2.24, 2.45) is 0 Å². The Bertz CT molecular complexity index is 639. The fraction of sp³-hybridized carbons (Fsp3) is 0.526. The third kappa shape index (κ3) is 5.46. The largest absolute Gasteiger partial charge is 0.493 e. The number of benzene rings is 1. The van der Waals surface area contributed by atoms with E-state index in [1.165, 1.54) is 5.56 Å². The maximum absolute atomic E-state index is 6.22. The summed E-state index contributed by atoms with van der Waals surface area (Å²) in [4.78, 5) is 9.03. The molecule has 1 aromatic carbocycles. The van der Waals surface area contributed by atoms with Crippen molar-refractivity contribution in [3.63, 3.8) is 0 Å². The topological polar surface area (TPSA) is 33.5 Å². The first-order chi connectivity index (χ1) is 12.2. The number of ether oxygens (including phenoxy) is 1. The van der Waals surface area contributed by atoms with Gasteiger partial charge in [-0.05, 0) is 31.2 Å². The van der Waals surface area contributed by atoms with Crippen molar-refractivity contribution in [1.82, 2.24) is 19.4 Å². The van der Waals surface area contributed by atoms with E-state index in [-0.39, 0.29) is 0 Å². The van der Waals surface area contributed by atoms with Gasteiger partial charge in [0, 0.05) is 62.2 Å². The molecule has 0 saturated carbocycles. The van der Waals surface area contributed by atoms with E-state index in [0.717, 1.165) is 63.0 Å². The normalized spacial score (nSPS) is 16.2. The average Bonchev–Trinajstić information content (AvgIpc) is 3.14. The maximum Gasteiger partial charge on any atom is 0.123 e. The van der Waals surface area contributed by atoms with Gasteiger partial charge in [-0.25, -0.2) is 4.98 Å². The van der Waals surface area contributed by atoms with E-state index in [2.05, 4.69) is 26.3 Å². The highest BCUT2D eigenvalue weighted by Crippen LogP contribution is 2.25. The Morgan fingerprint density at radius 3 is 2.68 bits per heavy atom. The minimum Gasteiger partial charge on any atom is -0.493 e. The number of nitrogens with zero attached hydrogens (tertiary/aromatic N) is 4. The number of hydrogen-bond donors (Lipinski definition) is 0. The van der Waals surface area contributed by atoms with Crippen LogP contribution in [0.2, 0.25) is 5.02 Å². The first-order valence-electron chi connectivity index (χ1n) is 9.06. The summed E-state index contributed by atoms with van der Waals surface area (Å²) in [5.41, 5.74) is 1.18. The molecular weight excluding hydrogens is 336 g/mol. The van der Waals surface area contributed by atoms with Crippen LogP contribution in [0.3, 0.4) is 0 Å². The first kappa shape index (κ1) is 18.2. The lowest BCUT2D eigenvalue weighted by Crippen LogP contribution is -2.45. The quantitative estimate of drug-likeness (QED) is 0.675. The minimum atomic E-state index is 0.691. The van der Waals surface area contributed by atoms with Crippen LogP contribution in [0.15, 0.2) is 36.9 Å². The molecule has 1 aliphatic rings. The summed E-state index contributed by atoms with van der Waals surface area (Å²) < 4.78 is 8.11. The zero-order chi connectivity index (χ0) is 17.5. The fourth-order valence-corrected chi connectivity index (χ4v) is 3.36. The second-order valence-electron chi connectivity index (χ2n) is 6.46. The van der Waals surface area contributed by atoms with Crippen LogP contribution in [0, 0.1) is 0 Å². The van der Waals surface area contributed by atoms with Crippen LogP contribution in [0.4, 0.5) is 0 Å². The predicted molar refractivity (Wildman–Crippen MR) is 101 cm³/mol. The molecule has 0 N–H and O–H groups in total. The molecule has 0 amide bonds. The monoisotopic (exact) mass is 362 g/mol. The lowest BCUT2D eigenvalue weighted by molar-refractivity contribution is 0.130. The molecule has 0 radical (unpaired) electrons. The second kappa shape index (κ2) is 9.22. The van der Waals surface area contributed by atoms with Gasteiger partial charge in [0.1, 0.15) is 5.75 Å². The third-order valence-corrected chi connectivity index (χ3v) is 4.94. The Morgan fingerprint density at radius 2 is 1.96 bits per heavy atom. The van der Waals surface area contributed by atoms with Gasteiger partial charge in [0.15, 0.2) is 0 Å². The average molecular weight is 363 g/mol. The van der Waals surface area contributed by atoms with Crippen molar-refractivity contribution in [3.8, 4) is 5.75 Å². The summed E-state index contributed by atoms with van der Waals surface area (Å²) in [6, 6.07) is 5.95. The van der Waals surface area contributed by atoms with Gasteiger partial charge in [-0.2, -0.15) is 0 Å². The molecule has 1 saturated heterocycles. The van der Waals surface area contributed by atoms with E-state index >= 15 is 0 Å². The number of aryl methyl sites for hydroxylation is 1. The molecule has 0 aliphatic carbocycles. The van der Waals surface area contributed by atoms with Gasteiger partial charge in [-0.15, -0.1) is 0 Å². The molecule has 0 atom stereocenters. The highest BCUT2D eigenvalue weighted by atomic mass is 35.5. The molecule has 25 heavy (non-hydrogen) atoms. The van der Waals surface area contributed by atoms with Crippen LogP contribution in [0.1, 0.15) is 18.9 Å². The SMILES string of the molecule is CCN1CCN(Cc2cc(Cl)ccc2OCCCn2ccnc2)CC1. The molecule has 0 bridgehead atoms. The molecule has 1 aromatic heterocycles. The fourth-order valence-electron chi connectivity index (χ4n) is 3.17. The van der Waals surface area contributed by atoms with Crippen molar-refractivity contribution >= 4 is 11.6 Å². The molecule has 3 rings (SSSR count). The molecule has 1 fully saturated rings. The van der Waals surface area contributed by atoms with Gasteiger partial charge >= 0.3 is 0 Å². The lowest BCUT2D eigenvalue weighted by atomic mass is 10.1. The number of halogens is 1. The minimum absolute atomic E-state index is 0.691. The van der Waals surface area contributed by atoms with E-state index in [4.69, 9.17) is 16.3 Å². The van der Waals surface area contributed by atoms with Crippen molar-refractivity contribution in [3.05, 3.63) is 47.5 Å².